The lowest BCUT2D eigenvalue weighted by molar-refractivity contribution is 0.0599. The Labute approximate surface area is 81.6 Å². The van der Waals surface area contributed by atoms with E-state index in [1.807, 2.05) is 6.92 Å². The number of esters is 1. The molecule has 0 spiro atoms. The first kappa shape index (κ1) is 8.87. The van der Waals surface area contributed by atoms with Gasteiger partial charge in [-0.15, -0.1) is 0 Å². The van der Waals surface area contributed by atoms with Crippen molar-refractivity contribution in [3.05, 3.63) is 28.6 Å². The summed E-state index contributed by atoms with van der Waals surface area (Å²) in [4.78, 5) is 19.6. The fourth-order valence-electron chi connectivity index (χ4n) is 1.53. The number of carbonyl (C=O) groups is 1. The molecule has 1 aromatic rings. The Morgan fingerprint density at radius 2 is 2.36 bits per heavy atom. The van der Waals surface area contributed by atoms with Gasteiger partial charge in [-0.3, -0.25) is 9.98 Å². The van der Waals surface area contributed by atoms with Crippen LogP contribution in [0.4, 0.5) is 0 Å². The molecular weight excluding hydrogens is 180 g/mol. The molecule has 0 saturated carbocycles. The van der Waals surface area contributed by atoms with E-state index >= 15 is 0 Å². The molecule has 0 bridgehead atoms. The molecule has 72 valence electrons. The van der Waals surface area contributed by atoms with Crippen molar-refractivity contribution in [2.75, 3.05) is 7.11 Å². The number of methoxy groups -OCH3 is 1. The molecular formula is C10H10N2O2. The minimum Gasteiger partial charge on any atom is -0.465 e. The van der Waals surface area contributed by atoms with Crippen molar-refractivity contribution in [1.29, 1.82) is 0 Å². The van der Waals surface area contributed by atoms with Crippen molar-refractivity contribution in [3.63, 3.8) is 0 Å². The van der Waals surface area contributed by atoms with Gasteiger partial charge >= 0.3 is 5.97 Å². The summed E-state index contributed by atoms with van der Waals surface area (Å²) < 4.78 is 4.67. The van der Waals surface area contributed by atoms with Gasteiger partial charge in [0.25, 0.3) is 0 Å². The topological polar surface area (TPSA) is 51.5 Å². The van der Waals surface area contributed by atoms with E-state index < -0.39 is 0 Å². The van der Waals surface area contributed by atoms with Crippen LogP contribution in [0, 0.1) is 6.92 Å². The summed E-state index contributed by atoms with van der Waals surface area (Å²) in [6, 6.07) is 0. The Morgan fingerprint density at radius 3 is 3.07 bits per heavy atom. The van der Waals surface area contributed by atoms with Gasteiger partial charge in [0.05, 0.1) is 19.2 Å². The SMILES string of the molecule is COC(=O)c1cnc(C)c2c1CN=C2. The van der Waals surface area contributed by atoms with Crippen molar-refractivity contribution < 1.29 is 9.53 Å². The zero-order valence-corrected chi connectivity index (χ0v) is 8.07. The number of fused-ring (bicyclic) bond motifs is 1. The number of aromatic nitrogens is 1. The third-order valence-corrected chi connectivity index (χ3v) is 2.30. The number of pyridine rings is 1. The van der Waals surface area contributed by atoms with Gasteiger partial charge in [0, 0.05) is 29.2 Å². The van der Waals surface area contributed by atoms with Crippen molar-refractivity contribution in [3.8, 4) is 0 Å². The van der Waals surface area contributed by atoms with Crippen LogP contribution in [-0.2, 0) is 11.3 Å². The summed E-state index contributed by atoms with van der Waals surface area (Å²) in [5.41, 5.74) is 3.29. The molecule has 4 nitrogen and oxygen atoms in total. The summed E-state index contributed by atoms with van der Waals surface area (Å²) in [7, 11) is 1.37. The van der Waals surface area contributed by atoms with Crippen molar-refractivity contribution in [2.24, 2.45) is 4.99 Å². The fourth-order valence-corrected chi connectivity index (χ4v) is 1.53. The standard InChI is InChI=1S/C10H10N2O2/c1-6-7-3-11-4-8(7)9(5-12-6)10(13)14-2/h3,5H,4H2,1-2H3. The summed E-state index contributed by atoms with van der Waals surface area (Å²) >= 11 is 0. The van der Waals surface area contributed by atoms with Crippen LogP contribution in [0.2, 0.25) is 0 Å². The highest BCUT2D eigenvalue weighted by Crippen LogP contribution is 2.21. The second-order valence-corrected chi connectivity index (χ2v) is 3.11. The molecule has 1 aliphatic heterocycles. The monoisotopic (exact) mass is 190 g/mol. The molecule has 0 N–H and O–H groups in total. The highest BCUT2D eigenvalue weighted by Gasteiger charge is 2.19. The molecule has 0 atom stereocenters. The Bertz CT molecular complexity index is 424. The largest absolute Gasteiger partial charge is 0.465 e. The fraction of sp³-hybridized carbons (Fsp3) is 0.300. The predicted octanol–water partition coefficient (Wildman–Crippen LogP) is 1.11. The van der Waals surface area contributed by atoms with Gasteiger partial charge in [0.1, 0.15) is 0 Å². The van der Waals surface area contributed by atoms with Crippen molar-refractivity contribution >= 4 is 12.2 Å². The van der Waals surface area contributed by atoms with Gasteiger partial charge in [-0.05, 0) is 6.92 Å². The Morgan fingerprint density at radius 1 is 1.57 bits per heavy atom. The normalized spacial score (nSPS) is 12.7. The van der Waals surface area contributed by atoms with E-state index in [1.54, 1.807) is 12.4 Å². The van der Waals surface area contributed by atoms with Gasteiger partial charge in [-0.1, -0.05) is 0 Å². The lowest BCUT2D eigenvalue weighted by atomic mass is 10.0. The van der Waals surface area contributed by atoms with Crippen LogP contribution >= 0.6 is 0 Å². The molecule has 0 fully saturated rings. The van der Waals surface area contributed by atoms with Crippen LogP contribution in [-0.4, -0.2) is 24.3 Å². The van der Waals surface area contributed by atoms with E-state index in [0.29, 0.717) is 12.1 Å². The third-order valence-electron chi connectivity index (χ3n) is 2.30. The van der Waals surface area contributed by atoms with Crippen molar-refractivity contribution in [1.82, 2.24) is 4.98 Å². The summed E-state index contributed by atoms with van der Waals surface area (Å²) in [6.45, 7) is 2.44. The van der Waals surface area contributed by atoms with E-state index in [-0.39, 0.29) is 5.97 Å². The van der Waals surface area contributed by atoms with Crippen LogP contribution in [0.25, 0.3) is 0 Å². The minimum absolute atomic E-state index is 0.348. The van der Waals surface area contributed by atoms with E-state index in [4.69, 9.17) is 0 Å². The van der Waals surface area contributed by atoms with Gasteiger partial charge < -0.3 is 4.74 Å². The molecule has 1 aromatic heterocycles. The highest BCUT2D eigenvalue weighted by molar-refractivity contribution is 5.96. The predicted molar refractivity (Wildman–Crippen MR) is 51.6 cm³/mol. The quantitative estimate of drug-likeness (QED) is 0.623. The molecule has 0 saturated heterocycles. The zero-order valence-electron chi connectivity index (χ0n) is 8.07. The summed E-state index contributed by atoms with van der Waals surface area (Å²) in [5, 5.41) is 0. The second-order valence-electron chi connectivity index (χ2n) is 3.11. The second kappa shape index (κ2) is 3.21. The van der Waals surface area contributed by atoms with E-state index in [1.165, 1.54) is 7.11 Å². The summed E-state index contributed by atoms with van der Waals surface area (Å²) in [6.07, 6.45) is 3.30. The Kier molecular flexibility index (Phi) is 2.04. The van der Waals surface area contributed by atoms with E-state index in [9.17, 15) is 4.79 Å². The van der Waals surface area contributed by atoms with Crippen LogP contribution in [0.3, 0.4) is 0 Å². The molecule has 0 radical (unpaired) electrons. The van der Waals surface area contributed by atoms with Gasteiger partial charge in [-0.25, -0.2) is 4.79 Å². The van der Waals surface area contributed by atoms with Gasteiger partial charge in [0.2, 0.25) is 0 Å². The number of aryl methyl sites for hydroxylation is 1. The number of rotatable bonds is 1. The first-order valence-corrected chi connectivity index (χ1v) is 4.30. The molecule has 0 aliphatic carbocycles. The van der Waals surface area contributed by atoms with E-state index in [2.05, 4.69) is 14.7 Å². The maximum atomic E-state index is 11.4. The number of aliphatic imine (C=N–C) groups is 1. The zero-order chi connectivity index (χ0) is 10.1. The molecule has 2 heterocycles. The van der Waals surface area contributed by atoms with E-state index in [0.717, 1.165) is 16.8 Å². The number of carbonyl (C=O) groups excluding carboxylic acids is 1. The molecule has 0 unspecified atom stereocenters. The van der Waals surface area contributed by atoms with Crippen LogP contribution in [0.15, 0.2) is 11.2 Å². The number of ether oxygens (including phenoxy) is 1. The average molecular weight is 190 g/mol. The van der Waals surface area contributed by atoms with Crippen LogP contribution in [0.1, 0.15) is 27.2 Å². The van der Waals surface area contributed by atoms with Gasteiger partial charge in [0.15, 0.2) is 0 Å². The smallest absolute Gasteiger partial charge is 0.339 e. The average Bonchev–Trinajstić information content (AvgIpc) is 2.67. The maximum Gasteiger partial charge on any atom is 0.339 e. The molecule has 4 heteroatoms. The maximum absolute atomic E-state index is 11.4. The molecule has 2 rings (SSSR count). The lowest BCUT2D eigenvalue weighted by Crippen LogP contribution is -2.08. The minimum atomic E-state index is -0.348. The third kappa shape index (κ3) is 1.19. The Hall–Kier alpha value is -1.71. The Balaban J connectivity index is 2.56. The molecule has 1 aliphatic rings. The highest BCUT2D eigenvalue weighted by atomic mass is 16.5. The van der Waals surface area contributed by atoms with Crippen molar-refractivity contribution in [2.45, 2.75) is 13.5 Å². The number of nitrogens with zero attached hydrogens (tertiary/aromatic N) is 2. The summed E-state index contributed by atoms with van der Waals surface area (Å²) in [5.74, 6) is -0.348. The number of hydrogen-bond donors (Lipinski definition) is 0. The number of hydrogen-bond acceptors (Lipinski definition) is 4. The lowest BCUT2D eigenvalue weighted by Gasteiger charge is -2.06. The van der Waals surface area contributed by atoms with Crippen LogP contribution < -0.4 is 0 Å². The van der Waals surface area contributed by atoms with Crippen LogP contribution in [0.5, 0.6) is 0 Å². The van der Waals surface area contributed by atoms with Gasteiger partial charge in [-0.2, -0.15) is 0 Å². The molecule has 0 aromatic carbocycles. The first-order valence-electron chi connectivity index (χ1n) is 4.30. The molecule has 0 amide bonds. The molecule has 14 heavy (non-hydrogen) atoms. The first-order chi connectivity index (χ1) is 6.74.